The molecule has 0 spiro atoms. The Balaban J connectivity index is 1.20. The van der Waals surface area contributed by atoms with Gasteiger partial charge in [0.05, 0.1) is 48.3 Å². The molecule has 0 radical (unpaired) electrons. The molecule has 6 aromatic rings. The molecule has 46 heavy (non-hydrogen) atoms. The molecule has 2 atom stereocenters. The van der Waals surface area contributed by atoms with E-state index >= 15 is 0 Å². The van der Waals surface area contributed by atoms with Crippen molar-refractivity contribution >= 4 is 45.5 Å². The average molecular weight is 626 g/mol. The first-order valence-electron chi connectivity index (χ1n) is 15.4. The highest BCUT2D eigenvalue weighted by Crippen LogP contribution is 2.37. The van der Waals surface area contributed by atoms with Gasteiger partial charge in [0.2, 0.25) is 17.0 Å². The largest absolute Gasteiger partial charge is 0.456 e. The third kappa shape index (κ3) is 4.75. The second-order valence-corrected chi connectivity index (χ2v) is 11.9. The van der Waals surface area contributed by atoms with Crippen LogP contribution in [-0.2, 0) is 11.2 Å². The van der Waals surface area contributed by atoms with Crippen LogP contribution in [0.5, 0.6) is 0 Å². The number of amides is 1. The standard InChI is InChI=1S/C31H32N10O5/c32-20-3-1-2-4-21(20)36-31-37-22(25(29(33)43)30-39-35-15-41(30)31)11-16-5-6-17(18-13-34-38-26(16)18)19-14-45-28-23(42)12-24(46-27(19)28)40-7-9-44-10-8-40/h5-6,12-15,20-21H,1-4,7-11,32H2,(H2,33,43)(H,34,38)(H,36,37)/p+1/t20-,21+/m1/s1. The maximum absolute atomic E-state index is 13.0. The van der Waals surface area contributed by atoms with E-state index in [1.165, 1.54) is 18.7 Å². The molecule has 1 saturated carbocycles. The number of nitrogens with two attached hydrogens (primary N) is 1. The number of hydrogen-bond acceptors (Lipinski definition) is 11. The van der Waals surface area contributed by atoms with E-state index < -0.39 is 5.91 Å². The van der Waals surface area contributed by atoms with Crippen LogP contribution < -0.4 is 27.1 Å². The topological polar surface area (TPSA) is 210 Å². The highest BCUT2D eigenvalue weighted by Gasteiger charge is 2.28. The number of morpholine rings is 1. The van der Waals surface area contributed by atoms with E-state index in [0.29, 0.717) is 60.6 Å². The van der Waals surface area contributed by atoms with E-state index in [-0.39, 0.29) is 35.1 Å². The van der Waals surface area contributed by atoms with E-state index in [9.17, 15) is 9.59 Å². The van der Waals surface area contributed by atoms with Gasteiger partial charge in [-0.25, -0.2) is 4.98 Å². The summed E-state index contributed by atoms with van der Waals surface area (Å²) in [5.41, 5.74) is 14.4. The Morgan fingerprint density at radius 2 is 2.00 bits per heavy atom. The van der Waals surface area contributed by atoms with Crippen LogP contribution in [-0.4, -0.2) is 74.1 Å². The van der Waals surface area contributed by atoms with Crippen molar-refractivity contribution in [2.75, 3.05) is 36.5 Å². The summed E-state index contributed by atoms with van der Waals surface area (Å²) in [6.07, 6.45) is 9.30. The number of hydrogen-bond donors (Lipinski definition) is 4. The van der Waals surface area contributed by atoms with Gasteiger partial charge in [0.1, 0.15) is 24.2 Å². The van der Waals surface area contributed by atoms with Crippen molar-refractivity contribution in [2.24, 2.45) is 5.73 Å². The smallest absolute Gasteiger partial charge is 0.254 e. The first kappa shape index (κ1) is 28.2. The lowest BCUT2D eigenvalue weighted by Crippen LogP contribution is -2.68. The van der Waals surface area contributed by atoms with Gasteiger partial charge in [0, 0.05) is 31.3 Å². The van der Waals surface area contributed by atoms with Crippen molar-refractivity contribution in [1.82, 2.24) is 29.8 Å². The first-order valence-corrected chi connectivity index (χ1v) is 15.4. The summed E-state index contributed by atoms with van der Waals surface area (Å²) in [7, 11) is 0. The number of carbonyl (C=O) groups is 1. The number of nitrogens with zero attached hydrogens (tertiary/aromatic N) is 6. The minimum absolute atomic E-state index is 0.131. The molecule has 2 fully saturated rings. The first-order chi connectivity index (χ1) is 22.5. The fraction of sp³-hybridized carbons (Fsp3) is 0.355. The van der Waals surface area contributed by atoms with E-state index in [4.69, 9.17) is 24.3 Å². The number of fused-ring (bicyclic) bond motifs is 3. The highest BCUT2D eigenvalue weighted by molar-refractivity contribution is 6.03. The number of H-pyrrole nitrogens is 1. The summed E-state index contributed by atoms with van der Waals surface area (Å²) in [6, 6.07) is 5.67. The van der Waals surface area contributed by atoms with Gasteiger partial charge in [-0.3, -0.25) is 19.1 Å². The summed E-state index contributed by atoms with van der Waals surface area (Å²) in [5.74, 6) is 0.363. The SMILES string of the molecule is NC(=O)c1c(Cc2ccc(-c3coc4c(=O)cc(N5CCOCC5)oc34)c3cn[nH]c23)nc(N[C@H]2CCCC[C@H]2[NH3+])n2cnnc12. The van der Waals surface area contributed by atoms with Crippen LogP contribution in [0.25, 0.3) is 38.8 Å². The van der Waals surface area contributed by atoms with Crippen molar-refractivity contribution in [2.45, 2.75) is 44.2 Å². The third-order valence-electron chi connectivity index (χ3n) is 9.10. The Bertz CT molecular complexity index is 2160. The molecule has 5 aromatic heterocycles. The molecule has 8 rings (SSSR count). The van der Waals surface area contributed by atoms with Crippen molar-refractivity contribution < 1.29 is 24.1 Å². The van der Waals surface area contributed by atoms with Crippen molar-refractivity contribution in [3.63, 3.8) is 0 Å². The van der Waals surface area contributed by atoms with E-state index in [2.05, 4.69) is 31.4 Å². The molecule has 1 aliphatic carbocycles. The maximum Gasteiger partial charge on any atom is 0.254 e. The van der Waals surface area contributed by atoms with Crippen molar-refractivity contribution in [3.8, 4) is 11.1 Å². The van der Waals surface area contributed by atoms with Gasteiger partial charge in [0.15, 0.2) is 17.1 Å². The zero-order valence-electron chi connectivity index (χ0n) is 25.0. The van der Waals surface area contributed by atoms with Crippen LogP contribution >= 0.6 is 0 Å². The third-order valence-corrected chi connectivity index (χ3v) is 9.10. The fourth-order valence-electron chi connectivity index (χ4n) is 6.68. The predicted molar refractivity (Wildman–Crippen MR) is 168 cm³/mol. The molecule has 15 nitrogen and oxygen atoms in total. The molecule has 0 unspecified atom stereocenters. The number of rotatable bonds is 7. The summed E-state index contributed by atoms with van der Waals surface area (Å²) in [6.45, 7) is 2.36. The Morgan fingerprint density at radius 3 is 2.83 bits per heavy atom. The quantitative estimate of drug-likeness (QED) is 0.201. The van der Waals surface area contributed by atoms with Gasteiger partial charge in [-0.2, -0.15) is 5.10 Å². The van der Waals surface area contributed by atoms with Gasteiger partial charge >= 0.3 is 0 Å². The molecule has 1 aliphatic heterocycles. The molecule has 1 amide bonds. The minimum Gasteiger partial charge on any atom is -0.456 e. The molecule has 2 aliphatic rings. The Labute approximate surface area is 260 Å². The number of carbonyl (C=O) groups excluding carboxylic acids is 1. The molecule has 6 heterocycles. The van der Waals surface area contributed by atoms with Crippen molar-refractivity contribution in [1.29, 1.82) is 0 Å². The molecular weight excluding hydrogens is 592 g/mol. The molecule has 15 heteroatoms. The molecular formula is C31H33N10O5+. The number of primary amides is 1. The highest BCUT2D eigenvalue weighted by atomic mass is 16.5. The number of furan rings is 1. The number of ether oxygens (including phenoxy) is 1. The predicted octanol–water partition coefficient (Wildman–Crippen LogP) is 1.86. The van der Waals surface area contributed by atoms with Crippen LogP contribution in [0.15, 0.2) is 50.6 Å². The maximum atomic E-state index is 13.0. The number of aromatic nitrogens is 6. The molecule has 0 bridgehead atoms. The number of nitrogens with one attached hydrogen (secondary N) is 2. The Kier molecular flexibility index (Phi) is 6.91. The average Bonchev–Trinajstić information content (AvgIpc) is 3.83. The van der Waals surface area contributed by atoms with Crippen LogP contribution in [0.2, 0.25) is 0 Å². The van der Waals surface area contributed by atoms with Gasteiger partial charge in [0.25, 0.3) is 5.91 Å². The van der Waals surface area contributed by atoms with Gasteiger partial charge < -0.3 is 35.3 Å². The van der Waals surface area contributed by atoms with E-state index in [1.54, 1.807) is 10.6 Å². The molecule has 236 valence electrons. The molecule has 1 aromatic carbocycles. The Hall–Kier alpha value is -5.28. The van der Waals surface area contributed by atoms with Crippen molar-refractivity contribution in [3.05, 3.63) is 64.0 Å². The number of quaternary nitrogens is 1. The normalized spacial score (nSPS) is 18.9. The van der Waals surface area contributed by atoms with E-state index in [0.717, 1.165) is 47.7 Å². The summed E-state index contributed by atoms with van der Waals surface area (Å²) in [4.78, 5) is 32.7. The number of anilines is 2. The second kappa shape index (κ2) is 11.3. The van der Waals surface area contributed by atoms with Crippen LogP contribution in [0, 0.1) is 0 Å². The number of aromatic amines is 1. The minimum atomic E-state index is -0.645. The molecule has 7 N–H and O–H groups in total. The summed E-state index contributed by atoms with van der Waals surface area (Å²) >= 11 is 0. The monoisotopic (exact) mass is 625 g/mol. The lowest BCUT2D eigenvalue weighted by atomic mass is 9.91. The van der Waals surface area contributed by atoms with Crippen LogP contribution in [0.4, 0.5) is 11.8 Å². The van der Waals surface area contributed by atoms with Gasteiger partial charge in [-0.1, -0.05) is 18.6 Å². The van der Waals surface area contributed by atoms with Crippen LogP contribution in [0.3, 0.4) is 0 Å². The lowest BCUT2D eigenvalue weighted by molar-refractivity contribution is -0.427. The molecule has 1 saturated heterocycles. The zero-order valence-corrected chi connectivity index (χ0v) is 25.0. The second-order valence-electron chi connectivity index (χ2n) is 11.9. The van der Waals surface area contributed by atoms with Gasteiger partial charge in [-0.05, 0) is 24.0 Å². The zero-order chi connectivity index (χ0) is 31.4. The fourth-order valence-corrected chi connectivity index (χ4v) is 6.68. The number of benzene rings is 1. The summed E-state index contributed by atoms with van der Waals surface area (Å²) in [5, 5.41) is 20.1. The summed E-state index contributed by atoms with van der Waals surface area (Å²) < 4.78 is 19.1. The Morgan fingerprint density at radius 1 is 1.15 bits per heavy atom. The lowest BCUT2D eigenvalue weighted by Gasteiger charge is -2.27. The van der Waals surface area contributed by atoms with Crippen LogP contribution in [0.1, 0.15) is 47.3 Å². The van der Waals surface area contributed by atoms with Gasteiger partial charge in [-0.15, -0.1) is 10.2 Å². The van der Waals surface area contributed by atoms with E-state index in [1.807, 2.05) is 17.0 Å².